The average molecular weight is 359 g/mol. The van der Waals surface area contributed by atoms with E-state index < -0.39 is 21.3 Å². The van der Waals surface area contributed by atoms with Crippen LogP contribution >= 0.6 is 0 Å². The molecular weight excluding hydrogens is 337 g/mol. The van der Waals surface area contributed by atoms with Crippen molar-refractivity contribution in [2.24, 2.45) is 5.41 Å². The van der Waals surface area contributed by atoms with Crippen molar-refractivity contribution in [2.45, 2.75) is 12.8 Å². The number of piperidine rings is 1. The zero-order chi connectivity index (χ0) is 17.8. The Kier molecular flexibility index (Phi) is 5.79. The fourth-order valence-electron chi connectivity index (χ4n) is 2.76. The molecular formula is C15H22FN3O4S. The van der Waals surface area contributed by atoms with Crippen LogP contribution in [0.2, 0.25) is 0 Å². The smallest absolute Gasteiger partial charge is 0.233 e. The summed E-state index contributed by atoms with van der Waals surface area (Å²) in [7, 11) is -2.07. The van der Waals surface area contributed by atoms with Gasteiger partial charge in [-0.2, -0.15) is 0 Å². The molecule has 1 aromatic carbocycles. The molecule has 1 aliphatic rings. The van der Waals surface area contributed by atoms with Crippen molar-refractivity contribution in [1.29, 1.82) is 0 Å². The lowest BCUT2D eigenvalue weighted by Crippen LogP contribution is -2.47. The van der Waals surface area contributed by atoms with E-state index in [0.29, 0.717) is 31.6 Å². The third kappa shape index (κ3) is 4.65. The molecule has 1 amide bonds. The first kappa shape index (κ1) is 18.6. The van der Waals surface area contributed by atoms with Gasteiger partial charge in [-0.05, 0) is 44.1 Å². The van der Waals surface area contributed by atoms with Crippen LogP contribution in [0.4, 0.5) is 15.8 Å². The van der Waals surface area contributed by atoms with Crippen LogP contribution in [0.25, 0.3) is 0 Å². The molecule has 24 heavy (non-hydrogen) atoms. The lowest BCUT2D eigenvalue weighted by atomic mass is 9.78. The summed E-state index contributed by atoms with van der Waals surface area (Å²) >= 11 is 0. The van der Waals surface area contributed by atoms with E-state index in [2.05, 4.69) is 15.4 Å². The lowest BCUT2D eigenvalue weighted by Gasteiger charge is -2.35. The Morgan fingerprint density at radius 2 is 2.04 bits per heavy atom. The molecule has 1 saturated heterocycles. The second-order valence-electron chi connectivity index (χ2n) is 5.99. The molecule has 9 heteroatoms. The Labute approximate surface area is 141 Å². The van der Waals surface area contributed by atoms with Crippen LogP contribution in [0.1, 0.15) is 12.8 Å². The van der Waals surface area contributed by atoms with Crippen LogP contribution in [-0.2, 0) is 19.6 Å². The number of sulfonamides is 1. The third-order valence-electron chi connectivity index (χ3n) is 3.98. The largest absolute Gasteiger partial charge is 0.384 e. The molecule has 7 nitrogen and oxygen atoms in total. The molecule has 1 heterocycles. The summed E-state index contributed by atoms with van der Waals surface area (Å²) in [5.41, 5.74) is -0.540. The molecule has 2 rings (SSSR count). The van der Waals surface area contributed by atoms with Gasteiger partial charge >= 0.3 is 0 Å². The Balaban J connectivity index is 2.20. The van der Waals surface area contributed by atoms with Crippen molar-refractivity contribution in [1.82, 2.24) is 5.32 Å². The molecule has 0 aliphatic carbocycles. The maximum Gasteiger partial charge on any atom is 0.233 e. The molecule has 3 N–H and O–H groups in total. The summed E-state index contributed by atoms with van der Waals surface area (Å²) in [6.45, 7) is 1.71. The Morgan fingerprint density at radius 3 is 2.62 bits per heavy atom. The van der Waals surface area contributed by atoms with Gasteiger partial charge in [-0.25, -0.2) is 12.8 Å². The Bertz CT molecular complexity index is 697. The van der Waals surface area contributed by atoms with Crippen LogP contribution in [-0.4, -0.2) is 47.4 Å². The molecule has 0 saturated carbocycles. The minimum Gasteiger partial charge on any atom is -0.384 e. The maximum absolute atomic E-state index is 13.7. The highest BCUT2D eigenvalue weighted by molar-refractivity contribution is 7.92. The van der Waals surface area contributed by atoms with Crippen molar-refractivity contribution in [3.05, 3.63) is 24.0 Å². The topological polar surface area (TPSA) is 96.5 Å². The van der Waals surface area contributed by atoms with Crippen LogP contribution in [0, 0.1) is 11.2 Å². The number of carbonyl (C=O) groups is 1. The number of halogens is 1. The number of methoxy groups -OCH3 is 1. The van der Waals surface area contributed by atoms with Gasteiger partial charge < -0.3 is 15.4 Å². The van der Waals surface area contributed by atoms with Crippen molar-refractivity contribution in [3.8, 4) is 0 Å². The minimum absolute atomic E-state index is 0.207. The van der Waals surface area contributed by atoms with Gasteiger partial charge in [-0.3, -0.25) is 9.52 Å². The van der Waals surface area contributed by atoms with Crippen molar-refractivity contribution >= 4 is 27.3 Å². The molecule has 0 unspecified atom stereocenters. The van der Waals surface area contributed by atoms with Crippen LogP contribution < -0.4 is 15.4 Å². The predicted molar refractivity (Wildman–Crippen MR) is 89.9 cm³/mol. The SMILES string of the molecule is COCC1(C(=O)Nc2ccc(F)c(NS(C)(=O)=O)c2)CCNCC1. The Morgan fingerprint density at radius 1 is 1.38 bits per heavy atom. The van der Waals surface area contributed by atoms with Crippen molar-refractivity contribution in [2.75, 3.05) is 43.1 Å². The monoisotopic (exact) mass is 359 g/mol. The van der Waals surface area contributed by atoms with Gasteiger partial charge in [0.1, 0.15) is 5.82 Å². The van der Waals surface area contributed by atoms with Gasteiger partial charge in [0.15, 0.2) is 0 Å². The number of benzene rings is 1. The molecule has 1 aromatic rings. The maximum atomic E-state index is 13.7. The number of hydrogen-bond acceptors (Lipinski definition) is 5. The normalized spacial score (nSPS) is 17.3. The zero-order valence-corrected chi connectivity index (χ0v) is 14.5. The first-order chi connectivity index (χ1) is 11.3. The van der Waals surface area contributed by atoms with Gasteiger partial charge in [0.2, 0.25) is 15.9 Å². The highest BCUT2D eigenvalue weighted by Crippen LogP contribution is 2.31. The molecule has 1 fully saturated rings. The third-order valence-corrected chi connectivity index (χ3v) is 4.57. The van der Waals surface area contributed by atoms with Crippen LogP contribution in [0.3, 0.4) is 0 Å². The summed E-state index contributed by atoms with van der Waals surface area (Å²) in [5, 5.41) is 5.94. The Hall–Kier alpha value is -1.71. The predicted octanol–water partition coefficient (Wildman–Crippen LogP) is 1.15. The fourth-order valence-corrected chi connectivity index (χ4v) is 3.32. The second kappa shape index (κ2) is 7.45. The number of carbonyl (C=O) groups excluding carboxylic acids is 1. The van der Waals surface area contributed by atoms with E-state index in [1.807, 2.05) is 0 Å². The van der Waals surface area contributed by atoms with Crippen LogP contribution in [0.15, 0.2) is 18.2 Å². The van der Waals surface area contributed by atoms with E-state index in [-0.39, 0.29) is 18.2 Å². The van der Waals surface area contributed by atoms with E-state index in [9.17, 15) is 17.6 Å². The van der Waals surface area contributed by atoms with E-state index in [0.717, 1.165) is 12.3 Å². The highest BCUT2D eigenvalue weighted by Gasteiger charge is 2.39. The molecule has 134 valence electrons. The molecule has 0 aromatic heterocycles. The molecule has 0 bridgehead atoms. The van der Waals surface area contributed by atoms with E-state index in [4.69, 9.17) is 4.74 Å². The first-order valence-corrected chi connectivity index (χ1v) is 9.43. The summed E-state index contributed by atoms with van der Waals surface area (Å²) in [5.74, 6) is -0.936. The van der Waals surface area contributed by atoms with Gasteiger partial charge in [-0.1, -0.05) is 0 Å². The van der Waals surface area contributed by atoms with Gasteiger partial charge in [0, 0.05) is 12.8 Å². The number of anilines is 2. The second-order valence-corrected chi connectivity index (χ2v) is 7.73. The quantitative estimate of drug-likeness (QED) is 0.708. The number of amides is 1. The standard InChI is InChI=1S/C15H22FN3O4S/c1-23-10-15(5-7-17-8-6-15)14(20)18-11-3-4-12(16)13(9-11)19-24(2,21)22/h3-4,9,17,19H,5-8,10H2,1-2H3,(H,18,20). The summed E-state index contributed by atoms with van der Waals surface area (Å²) in [4.78, 5) is 12.7. The molecule has 0 radical (unpaired) electrons. The number of rotatable bonds is 6. The van der Waals surface area contributed by atoms with Crippen molar-refractivity contribution in [3.63, 3.8) is 0 Å². The number of nitrogens with one attached hydrogen (secondary N) is 3. The summed E-state index contributed by atoms with van der Waals surface area (Å²) in [6.07, 6.45) is 2.19. The number of ether oxygens (including phenoxy) is 1. The van der Waals surface area contributed by atoms with E-state index in [1.165, 1.54) is 12.1 Å². The van der Waals surface area contributed by atoms with E-state index >= 15 is 0 Å². The lowest BCUT2D eigenvalue weighted by molar-refractivity contribution is -0.130. The van der Waals surface area contributed by atoms with Gasteiger partial charge in [-0.15, -0.1) is 0 Å². The van der Waals surface area contributed by atoms with Gasteiger partial charge in [0.05, 0.1) is 24.0 Å². The average Bonchev–Trinajstić information content (AvgIpc) is 2.50. The molecule has 0 atom stereocenters. The summed E-state index contributed by atoms with van der Waals surface area (Å²) in [6, 6.07) is 3.76. The van der Waals surface area contributed by atoms with E-state index in [1.54, 1.807) is 7.11 Å². The first-order valence-electron chi connectivity index (χ1n) is 7.54. The van der Waals surface area contributed by atoms with Gasteiger partial charge in [0.25, 0.3) is 0 Å². The number of hydrogen-bond donors (Lipinski definition) is 3. The molecule has 1 aliphatic heterocycles. The van der Waals surface area contributed by atoms with Crippen LogP contribution in [0.5, 0.6) is 0 Å². The van der Waals surface area contributed by atoms with Crippen molar-refractivity contribution < 1.29 is 22.3 Å². The molecule has 0 spiro atoms. The summed E-state index contributed by atoms with van der Waals surface area (Å²) < 4.78 is 43.6. The minimum atomic E-state index is -3.62. The highest BCUT2D eigenvalue weighted by atomic mass is 32.2. The zero-order valence-electron chi connectivity index (χ0n) is 13.7. The fraction of sp³-hybridized carbons (Fsp3) is 0.533.